The van der Waals surface area contributed by atoms with Gasteiger partial charge in [-0.05, 0) is 6.07 Å². The first-order chi connectivity index (χ1) is 7.16. The van der Waals surface area contributed by atoms with Gasteiger partial charge in [0, 0.05) is 12.0 Å². The summed E-state index contributed by atoms with van der Waals surface area (Å²) in [6, 6.07) is 4.72. The van der Waals surface area contributed by atoms with E-state index in [1.807, 2.05) is 0 Å². The molecule has 1 aliphatic rings. The third-order valence-corrected chi connectivity index (χ3v) is 2.26. The molecule has 0 aliphatic carbocycles. The van der Waals surface area contributed by atoms with Gasteiger partial charge >= 0.3 is 6.09 Å². The summed E-state index contributed by atoms with van der Waals surface area (Å²) in [5.74, 6) is -0.153. The summed E-state index contributed by atoms with van der Waals surface area (Å²) >= 11 is 0. The molecule has 1 heterocycles. The van der Waals surface area contributed by atoms with Crippen LogP contribution in [0.3, 0.4) is 0 Å². The Morgan fingerprint density at radius 2 is 2.47 bits per heavy atom. The first-order valence-corrected chi connectivity index (χ1v) is 4.57. The summed E-state index contributed by atoms with van der Waals surface area (Å²) in [7, 11) is 0. The van der Waals surface area contributed by atoms with Gasteiger partial charge in [0.25, 0.3) is 0 Å². The second kappa shape index (κ2) is 3.76. The Morgan fingerprint density at radius 1 is 1.67 bits per heavy atom. The average molecular weight is 211 g/mol. The van der Waals surface area contributed by atoms with E-state index in [1.165, 1.54) is 6.07 Å². The van der Waals surface area contributed by atoms with E-state index in [4.69, 9.17) is 9.84 Å². The molecular weight excluding hydrogens is 201 g/mol. The first kappa shape index (κ1) is 9.76. The van der Waals surface area contributed by atoms with Crippen molar-refractivity contribution in [3.05, 3.63) is 29.6 Å². The monoisotopic (exact) mass is 211 g/mol. The van der Waals surface area contributed by atoms with Gasteiger partial charge in [0.15, 0.2) is 11.6 Å². The third-order valence-electron chi connectivity index (χ3n) is 2.26. The minimum Gasteiger partial charge on any atom is -0.485 e. The zero-order valence-electron chi connectivity index (χ0n) is 7.87. The van der Waals surface area contributed by atoms with Crippen LogP contribution in [-0.2, 0) is 6.42 Å². The van der Waals surface area contributed by atoms with E-state index < -0.39 is 11.9 Å². The number of hydrogen-bond acceptors (Lipinski definition) is 2. The fourth-order valence-corrected chi connectivity index (χ4v) is 1.61. The summed E-state index contributed by atoms with van der Waals surface area (Å²) in [4.78, 5) is 10.3. The molecule has 15 heavy (non-hydrogen) atoms. The maximum absolute atomic E-state index is 13.2. The van der Waals surface area contributed by atoms with Crippen LogP contribution in [0.25, 0.3) is 0 Å². The number of carboxylic acid groups (broad SMARTS) is 1. The second-order valence-electron chi connectivity index (χ2n) is 3.36. The van der Waals surface area contributed by atoms with Gasteiger partial charge in [-0.1, -0.05) is 12.1 Å². The van der Waals surface area contributed by atoms with Crippen LogP contribution in [0.15, 0.2) is 18.2 Å². The van der Waals surface area contributed by atoms with Crippen molar-refractivity contribution in [2.45, 2.75) is 12.5 Å². The molecule has 1 atom stereocenters. The van der Waals surface area contributed by atoms with Gasteiger partial charge in [0.1, 0.15) is 6.10 Å². The number of hydrogen-bond donors (Lipinski definition) is 2. The molecule has 0 saturated heterocycles. The molecule has 1 amide bonds. The standard InChI is InChI=1S/C10H10FNO3/c11-8-3-1-2-6-4-7(15-9(6)8)5-12-10(13)14/h1-3,7,12H,4-5H2,(H,13,14). The van der Waals surface area contributed by atoms with Crippen molar-refractivity contribution in [3.63, 3.8) is 0 Å². The zero-order chi connectivity index (χ0) is 10.8. The Morgan fingerprint density at radius 3 is 3.13 bits per heavy atom. The predicted molar refractivity (Wildman–Crippen MR) is 50.5 cm³/mol. The van der Waals surface area contributed by atoms with Gasteiger partial charge in [0.05, 0.1) is 6.54 Å². The minimum atomic E-state index is -1.10. The van der Waals surface area contributed by atoms with Crippen LogP contribution in [0.5, 0.6) is 5.75 Å². The fourth-order valence-electron chi connectivity index (χ4n) is 1.61. The van der Waals surface area contributed by atoms with Crippen molar-refractivity contribution >= 4 is 6.09 Å². The Balaban J connectivity index is 2.03. The summed E-state index contributed by atoms with van der Waals surface area (Å²) in [6.07, 6.45) is -0.879. The number of fused-ring (bicyclic) bond motifs is 1. The SMILES string of the molecule is O=C(O)NCC1Cc2cccc(F)c2O1. The predicted octanol–water partition coefficient (Wildman–Crippen LogP) is 1.40. The molecule has 2 rings (SSSR count). The molecule has 1 aromatic carbocycles. The zero-order valence-corrected chi connectivity index (χ0v) is 7.87. The molecule has 4 nitrogen and oxygen atoms in total. The second-order valence-corrected chi connectivity index (χ2v) is 3.36. The molecular formula is C10H10FNO3. The normalized spacial score (nSPS) is 18.1. The van der Waals surface area contributed by atoms with Gasteiger partial charge in [0.2, 0.25) is 0 Å². The number of rotatable bonds is 2. The maximum Gasteiger partial charge on any atom is 0.404 e. The number of ether oxygens (including phenoxy) is 1. The van der Waals surface area contributed by atoms with Crippen LogP contribution in [0, 0.1) is 5.82 Å². The van der Waals surface area contributed by atoms with E-state index in [-0.39, 0.29) is 18.4 Å². The molecule has 0 spiro atoms. The van der Waals surface area contributed by atoms with Gasteiger partial charge in [-0.2, -0.15) is 0 Å². The Hall–Kier alpha value is -1.78. The number of nitrogens with one attached hydrogen (secondary N) is 1. The highest BCUT2D eigenvalue weighted by Gasteiger charge is 2.25. The Labute approximate surface area is 85.7 Å². The average Bonchev–Trinajstić information content (AvgIpc) is 2.59. The number of carbonyl (C=O) groups is 1. The van der Waals surface area contributed by atoms with E-state index in [9.17, 15) is 9.18 Å². The summed E-state index contributed by atoms with van der Waals surface area (Å²) in [5.41, 5.74) is 0.784. The van der Waals surface area contributed by atoms with Crippen LogP contribution < -0.4 is 10.1 Å². The molecule has 0 saturated carbocycles. The smallest absolute Gasteiger partial charge is 0.404 e. The topological polar surface area (TPSA) is 58.6 Å². The summed E-state index contributed by atoms with van der Waals surface area (Å²) in [6.45, 7) is 0.170. The van der Waals surface area contributed by atoms with Crippen LogP contribution >= 0.6 is 0 Å². The highest BCUT2D eigenvalue weighted by atomic mass is 19.1. The number of amides is 1. The maximum atomic E-state index is 13.2. The molecule has 1 aromatic rings. The van der Waals surface area contributed by atoms with E-state index in [0.29, 0.717) is 6.42 Å². The first-order valence-electron chi connectivity index (χ1n) is 4.57. The molecule has 1 unspecified atom stereocenters. The molecule has 0 bridgehead atoms. The summed E-state index contributed by atoms with van der Waals surface area (Å²) < 4.78 is 18.5. The molecule has 1 aliphatic heterocycles. The van der Waals surface area contributed by atoms with Crippen molar-refractivity contribution in [2.24, 2.45) is 0 Å². The van der Waals surface area contributed by atoms with Crippen molar-refractivity contribution in [1.29, 1.82) is 0 Å². The number of para-hydroxylation sites is 1. The molecule has 2 N–H and O–H groups in total. The largest absolute Gasteiger partial charge is 0.485 e. The molecule has 0 radical (unpaired) electrons. The van der Waals surface area contributed by atoms with E-state index in [0.717, 1.165) is 5.56 Å². The van der Waals surface area contributed by atoms with E-state index >= 15 is 0 Å². The van der Waals surface area contributed by atoms with Crippen LogP contribution in [0.4, 0.5) is 9.18 Å². The number of benzene rings is 1. The Bertz CT molecular complexity index is 394. The van der Waals surface area contributed by atoms with Gasteiger partial charge in [-0.25, -0.2) is 9.18 Å². The van der Waals surface area contributed by atoms with Crippen LogP contribution in [0.2, 0.25) is 0 Å². The van der Waals surface area contributed by atoms with Crippen LogP contribution in [0.1, 0.15) is 5.56 Å². The van der Waals surface area contributed by atoms with Gasteiger partial charge < -0.3 is 15.2 Å². The van der Waals surface area contributed by atoms with Crippen molar-refractivity contribution in [1.82, 2.24) is 5.32 Å². The quantitative estimate of drug-likeness (QED) is 0.777. The fraction of sp³-hybridized carbons (Fsp3) is 0.300. The highest BCUT2D eigenvalue weighted by molar-refractivity contribution is 5.64. The molecule has 0 fully saturated rings. The minimum absolute atomic E-state index is 0.170. The van der Waals surface area contributed by atoms with Gasteiger partial charge in [-0.3, -0.25) is 0 Å². The van der Waals surface area contributed by atoms with Crippen molar-refractivity contribution in [2.75, 3.05) is 6.54 Å². The van der Waals surface area contributed by atoms with Crippen molar-refractivity contribution < 1.29 is 19.0 Å². The van der Waals surface area contributed by atoms with E-state index in [1.54, 1.807) is 12.1 Å². The third kappa shape index (κ3) is 2.01. The van der Waals surface area contributed by atoms with Crippen molar-refractivity contribution in [3.8, 4) is 5.75 Å². The summed E-state index contributed by atoms with van der Waals surface area (Å²) in [5, 5.41) is 10.6. The Kier molecular flexibility index (Phi) is 2.45. The molecule has 5 heteroatoms. The lowest BCUT2D eigenvalue weighted by Gasteiger charge is -2.09. The van der Waals surface area contributed by atoms with Gasteiger partial charge in [-0.15, -0.1) is 0 Å². The lowest BCUT2D eigenvalue weighted by molar-refractivity contribution is 0.179. The van der Waals surface area contributed by atoms with E-state index in [2.05, 4.69) is 5.32 Å². The highest BCUT2D eigenvalue weighted by Crippen LogP contribution is 2.30. The number of halogens is 1. The molecule has 0 aromatic heterocycles. The lowest BCUT2D eigenvalue weighted by atomic mass is 10.1. The van der Waals surface area contributed by atoms with Crippen LogP contribution in [-0.4, -0.2) is 23.8 Å². The lowest BCUT2D eigenvalue weighted by Crippen LogP contribution is -2.33. The molecule has 80 valence electrons.